The molecule has 0 heterocycles. The lowest BCUT2D eigenvalue weighted by Crippen LogP contribution is -2.17. The molecule has 19 heavy (non-hydrogen) atoms. The van der Waals surface area contributed by atoms with Gasteiger partial charge in [0.1, 0.15) is 5.56 Å². The number of nitrogens with one attached hydrogen (secondary N) is 1. The number of hydrogen-bond acceptors (Lipinski definition) is 5. The van der Waals surface area contributed by atoms with Crippen molar-refractivity contribution in [2.75, 3.05) is 18.5 Å². The van der Waals surface area contributed by atoms with Gasteiger partial charge in [0.15, 0.2) is 11.6 Å². The Kier molecular flexibility index (Phi) is 5.11. The van der Waals surface area contributed by atoms with E-state index in [9.17, 15) is 19.1 Å². The highest BCUT2D eigenvalue weighted by atomic mass is 19.1. The molecule has 0 spiro atoms. The number of amides is 1. The van der Waals surface area contributed by atoms with Crippen molar-refractivity contribution in [1.29, 1.82) is 0 Å². The second-order valence-electron chi connectivity index (χ2n) is 3.38. The summed E-state index contributed by atoms with van der Waals surface area (Å²) in [4.78, 5) is 22.9. The summed E-state index contributed by atoms with van der Waals surface area (Å²) in [6, 6.07) is 2.05. The number of phenolic OH excluding ortho intramolecular Hbond substituents is 1. The highest BCUT2D eigenvalue weighted by molar-refractivity contribution is 6.02. The van der Waals surface area contributed by atoms with Crippen molar-refractivity contribution in [1.82, 2.24) is 0 Å². The van der Waals surface area contributed by atoms with Gasteiger partial charge in [-0.15, -0.1) is 0 Å². The maximum atomic E-state index is 13.2. The molecule has 1 amide bonds. The van der Waals surface area contributed by atoms with E-state index in [2.05, 4.69) is 14.8 Å². The molecule has 0 aliphatic rings. The smallest absolute Gasteiger partial charge is 0.411 e. The van der Waals surface area contributed by atoms with Crippen LogP contribution in [0.3, 0.4) is 0 Å². The second-order valence-corrected chi connectivity index (χ2v) is 3.38. The number of carbonyl (C=O) groups is 2. The number of aromatic hydroxyl groups is 1. The number of hydrogen-bond donors (Lipinski definition) is 2. The van der Waals surface area contributed by atoms with Gasteiger partial charge in [-0.05, 0) is 26.0 Å². The zero-order chi connectivity index (χ0) is 14.4. The third kappa shape index (κ3) is 3.57. The average molecular weight is 271 g/mol. The lowest BCUT2D eigenvalue weighted by Gasteiger charge is -2.12. The molecule has 0 unspecified atom stereocenters. The summed E-state index contributed by atoms with van der Waals surface area (Å²) in [7, 11) is 0. The molecule has 0 atom stereocenters. The zero-order valence-electron chi connectivity index (χ0n) is 10.5. The number of esters is 1. The van der Waals surface area contributed by atoms with Gasteiger partial charge in [-0.2, -0.15) is 0 Å². The Balaban J connectivity index is 3.13. The van der Waals surface area contributed by atoms with E-state index in [1.807, 2.05) is 0 Å². The highest BCUT2D eigenvalue weighted by Gasteiger charge is 2.22. The predicted octanol–water partition coefficient (Wildman–Crippen LogP) is 2.28. The molecule has 1 aromatic rings. The third-order valence-electron chi connectivity index (χ3n) is 2.12. The van der Waals surface area contributed by atoms with Crippen molar-refractivity contribution in [3.8, 4) is 5.75 Å². The predicted molar refractivity (Wildman–Crippen MR) is 64.7 cm³/mol. The Bertz CT molecular complexity index is 489. The molecular weight excluding hydrogens is 257 g/mol. The first-order valence-corrected chi connectivity index (χ1v) is 5.63. The molecule has 0 radical (unpaired) electrons. The standard InChI is InChI=1S/C12H14FNO5/c1-3-18-11(16)9-8(14-12(17)19-4-2)6-5-7(13)10(9)15/h5-6,15H,3-4H2,1-2H3,(H,14,17). The second kappa shape index (κ2) is 6.58. The zero-order valence-corrected chi connectivity index (χ0v) is 10.5. The first kappa shape index (κ1) is 14.7. The topological polar surface area (TPSA) is 84.9 Å². The van der Waals surface area contributed by atoms with Gasteiger partial charge in [0, 0.05) is 0 Å². The van der Waals surface area contributed by atoms with Crippen molar-refractivity contribution in [3.63, 3.8) is 0 Å². The van der Waals surface area contributed by atoms with Crippen LogP contribution in [0.2, 0.25) is 0 Å². The van der Waals surface area contributed by atoms with Crippen molar-refractivity contribution in [2.45, 2.75) is 13.8 Å². The van der Waals surface area contributed by atoms with E-state index in [-0.39, 0.29) is 18.9 Å². The number of ether oxygens (including phenoxy) is 2. The molecule has 0 saturated carbocycles. The molecule has 0 aliphatic carbocycles. The van der Waals surface area contributed by atoms with E-state index in [4.69, 9.17) is 0 Å². The Morgan fingerprint density at radius 1 is 1.26 bits per heavy atom. The number of halogens is 1. The molecule has 2 N–H and O–H groups in total. The summed E-state index contributed by atoms with van der Waals surface area (Å²) in [5.74, 6) is -2.81. The van der Waals surface area contributed by atoms with E-state index in [1.54, 1.807) is 13.8 Å². The Labute approximate surface area is 109 Å². The summed E-state index contributed by atoms with van der Waals surface area (Å²) >= 11 is 0. The fraction of sp³-hybridized carbons (Fsp3) is 0.333. The van der Waals surface area contributed by atoms with Crippen LogP contribution in [0.5, 0.6) is 5.75 Å². The fourth-order valence-corrected chi connectivity index (χ4v) is 1.36. The van der Waals surface area contributed by atoms with Crippen molar-refractivity contribution in [3.05, 3.63) is 23.5 Å². The average Bonchev–Trinajstić information content (AvgIpc) is 2.34. The summed E-state index contributed by atoms with van der Waals surface area (Å²) < 4.78 is 22.6. The minimum Gasteiger partial charge on any atom is -0.504 e. The molecule has 1 rings (SSSR count). The fourth-order valence-electron chi connectivity index (χ4n) is 1.36. The Morgan fingerprint density at radius 2 is 1.89 bits per heavy atom. The van der Waals surface area contributed by atoms with Crippen molar-refractivity contribution >= 4 is 17.7 Å². The van der Waals surface area contributed by atoms with E-state index >= 15 is 0 Å². The van der Waals surface area contributed by atoms with Gasteiger partial charge in [0.05, 0.1) is 18.9 Å². The molecule has 104 valence electrons. The maximum Gasteiger partial charge on any atom is 0.411 e. The quantitative estimate of drug-likeness (QED) is 0.820. The van der Waals surface area contributed by atoms with Crippen LogP contribution < -0.4 is 5.32 Å². The first-order valence-electron chi connectivity index (χ1n) is 5.63. The lowest BCUT2D eigenvalue weighted by molar-refractivity contribution is 0.0523. The summed E-state index contributed by atoms with van der Waals surface area (Å²) in [6.45, 7) is 3.35. The van der Waals surface area contributed by atoms with Crippen molar-refractivity contribution in [2.24, 2.45) is 0 Å². The SMILES string of the molecule is CCOC(=O)Nc1ccc(F)c(O)c1C(=O)OCC. The molecule has 6 nitrogen and oxygen atoms in total. The molecule has 0 fully saturated rings. The summed E-state index contributed by atoms with van der Waals surface area (Å²) in [6.07, 6.45) is -0.820. The highest BCUT2D eigenvalue weighted by Crippen LogP contribution is 2.29. The van der Waals surface area contributed by atoms with Crippen LogP contribution in [0.25, 0.3) is 0 Å². The van der Waals surface area contributed by atoms with Gasteiger partial charge < -0.3 is 14.6 Å². The van der Waals surface area contributed by atoms with E-state index < -0.39 is 29.2 Å². The number of anilines is 1. The van der Waals surface area contributed by atoms with Gasteiger partial charge >= 0.3 is 12.1 Å². The van der Waals surface area contributed by atoms with Crippen LogP contribution in [-0.4, -0.2) is 30.4 Å². The summed E-state index contributed by atoms with van der Waals surface area (Å²) in [5, 5.41) is 11.8. The monoisotopic (exact) mass is 271 g/mol. The van der Waals surface area contributed by atoms with Crippen molar-refractivity contribution < 1.29 is 28.6 Å². The minimum absolute atomic E-state index is 0.0492. The normalized spacial score (nSPS) is 9.84. The van der Waals surface area contributed by atoms with Gasteiger partial charge in [0.2, 0.25) is 0 Å². The molecule has 1 aromatic carbocycles. The lowest BCUT2D eigenvalue weighted by atomic mass is 10.1. The first-order chi connectivity index (χ1) is 9.01. The molecule has 0 aliphatic heterocycles. The van der Waals surface area contributed by atoms with E-state index in [0.717, 1.165) is 12.1 Å². The van der Waals surface area contributed by atoms with Gasteiger partial charge in [0.25, 0.3) is 0 Å². The third-order valence-corrected chi connectivity index (χ3v) is 2.12. The van der Waals surface area contributed by atoms with Gasteiger partial charge in [-0.3, -0.25) is 5.32 Å². The van der Waals surface area contributed by atoms with E-state index in [1.165, 1.54) is 0 Å². The van der Waals surface area contributed by atoms with Crippen LogP contribution in [0, 0.1) is 5.82 Å². The van der Waals surface area contributed by atoms with Crippen LogP contribution in [0.15, 0.2) is 12.1 Å². The summed E-state index contributed by atoms with van der Waals surface area (Å²) in [5.41, 5.74) is -0.536. The minimum atomic E-state index is -0.988. The van der Waals surface area contributed by atoms with Crippen LogP contribution in [-0.2, 0) is 9.47 Å². The molecular formula is C12H14FNO5. The number of phenols is 1. The van der Waals surface area contributed by atoms with Gasteiger partial charge in [-0.25, -0.2) is 14.0 Å². The Morgan fingerprint density at radius 3 is 2.47 bits per heavy atom. The number of rotatable bonds is 4. The number of benzene rings is 1. The van der Waals surface area contributed by atoms with E-state index in [0.29, 0.717) is 0 Å². The maximum absolute atomic E-state index is 13.2. The molecule has 0 saturated heterocycles. The van der Waals surface area contributed by atoms with Gasteiger partial charge in [-0.1, -0.05) is 0 Å². The molecule has 0 aromatic heterocycles. The van der Waals surface area contributed by atoms with Crippen LogP contribution in [0.4, 0.5) is 14.9 Å². The van der Waals surface area contributed by atoms with Crippen LogP contribution in [0.1, 0.15) is 24.2 Å². The Hall–Kier alpha value is -2.31. The largest absolute Gasteiger partial charge is 0.504 e. The van der Waals surface area contributed by atoms with Crippen LogP contribution >= 0.6 is 0 Å². The molecule has 7 heteroatoms. The molecule has 0 bridgehead atoms. The number of carbonyl (C=O) groups excluding carboxylic acids is 2.